The molecule has 6 nitrogen and oxygen atoms in total. The second kappa shape index (κ2) is 6.10. The Balaban J connectivity index is 2.06. The van der Waals surface area contributed by atoms with Crippen molar-refractivity contribution in [1.29, 1.82) is 0 Å². The lowest BCUT2D eigenvalue weighted by molar-refractivity contribution is -0.131. The molecule has 7 heteroatoms. The molecule has 1 aromatic rings. The zero-order chi connectivity index (χ0) is 13.0. The predicted molar refractivity (Wildman–Crippen MR) is 70.3 cm³/mol. The number of aromatic nitrogens is 2. The highest BCUT2D eigenvalue weighted by atomic mass is 79.9. The van der Waals surface area contributed by atoms with Crippen LogP contribution in [-0.4, -0.2) is 46.5 Å². The first kappa shape index (κ1) is 13.2. The highest BCUT2D eigenvalue weighted by Crippen LogP contribution is 2.00. The van der Waals surface area contributed by atoms with E-state index in [1.807, 2.05) is 0 Å². The summed E-state index contributed by atoms with van der Waals surface area (Å²) in [6.07, 6.45) is 3.76. The molecule has 2 heterocycles. The van der Waals surface area contributed by atoms with E-state index >= 15 is 0 Å². The molecule has 0 atom stereocenters. The maximum Gasteiger partial charge on any atom is 0.268 e. The van der Waals surface area contributed by atoms with Crippen LogP contribution in [0, 0.1) is 0 Å². The number of rotatable bonds is 2. The van der Waals surface area contributed by atoms with Gasteiger partial charge in [0.25, 0.3) is 5.56 Å². The minimum absolute atomic E-state index is 0.0410. The van der Waals surface area contributed by atoms with Crippen molar-refractivity contribution in [1.82, 2.24) is 19.8 Å². The van der Waals surface area contributed by atoms with Gasteiger partial charge in [-0.05, 0) is 28.9 Å². The van der Waals surface area contributed by atoms with Crippen molar-refractivity contribution in [2.75, 3.05) is 26.2 Å². The van der Waals surface area contributed by atoms with E-state index in [-0.39, 0.29) is 18.0 Å². The molecule has 0 aliphatic carbocycles. The maximum atomic E-state index is 12.1. The van der Waals surface area contributed by atoms with E-state index in [1.54, 1.807) is 4.90 Å². The lowest BCUT2D eigenvalue weighted by Crippen LogP contribution is -2.38. The third-order valence-corrected chi connectivity index (χ3v) is 3.40. The first-order chi connectivity index (χ1) is 8.68. The fraction of sp³-hybridized carbons (Fsp3) is 0.545. The van der Waals surface area contributed by atoms with E-state index in [0.717, 1.165) is 26.1 Å². The molecule has 1 amide bonds. The van der Waals surface area contributed by atoms with Crippen LogP contribution in [0.4, 0.5) is 0 Å². The van der Waals surface area contributed by atoms with Crippen LogP contribution in [-0.2, 0) is 11.3 Å². The first-order valence-electron chi connectivity index (χ1n) is 5.87. The van der Waals surface area contributed by atoms with Crippen LogP contribution in [0.2, 0.25) is 0 Å². The summed E-state index contributed by atoms with van der Waals surface area (Å²) < 4.78 is 1.69. The summed E-state index contributed by atoms with van der Waals surface area (Å²) in [6.45, 7) is 3.21. The Morgan fingerprint density at radius 1 is 1.44 bits per heavy atom. The molecule has 1 N–H and O–H groups in total. The largest absolute Gasteiger partial charge is 0.340 e. The minimum Gasteiger partial charge on any atom is -0.340 e. The maximum absolute atomic E-state index is 12.1. The minimum atomic E-state index is -0.230. The molecule has 0 unspecified atom stereocenters. The number of amides is 1. The molecule has 1 fully saturated rings. The zero-order valence-corrected chi connectivity index (χ0v) is 11.5. The van der Waals surface area contributed by atoms with Crippen LogP contribution >= 0.6 is 15.9 Å². The van der Waals surface area contributed by atoms with Crippen molar-refractivity contribution in [2.45, 2.75) is 13.0 Å². The van der Waals surface area contributed by atoms with E-state index in [1.165, 1.54) is 17.1 Å². The van der Waals surface area contributed by atoms with Crippen LogP contribution in [0.3, 0.4) is 0 Å². The van der Waals surface area contributed by atoms with Gasteiger partial charge in [0.2, 0.25) is 5.91 Å². The Kier molecular flexibility index (Phi) is 4.48. The summed E-state index contributed by atoms with van der Waals surface area (Å²) in [5.74, 6) is -0.0410. The van der Waals surface area contributed by atoms with Gasteiger partial charge in [-0.2, -0.15) is 0 Å². The molecule has 1 aromatic heterocycles. The quantitative estimate of drug-likeness (QED) is 0.823. The van der Waals surface area contributed by atoms with Gasteiger partial charge < -0.3 is 10.2 Å². The van der Waals surface area contributed by atoms with Crippen molar-refractivity contribution < 1.29 is 4.79 Å². The number of carbonyl (C=O) groups is 1. The zero-order valence-electron chi connectivity index (χ0n) is 9.93. The molecule has 2 rings (SSSR count). The Labute approximate surface area is 113 Å². The standard InChI is InChI=1S/C11H15BrN4O2/c12-9-6-14-8-16(11(9)18)7-10(17)15-4-1-2-13-3-5-15/h6,8,13H,1-5,7H2. The average molecular weight is 315 g/mol. The number of hydrogen-bond donors (Lipinski definition) is 1. The third-order valence-electron chi connectivity index (χ3n) is 2.86. The van der Waals surface area contributed by atoms with E-state index in [2.05, 4.69) is 26.2 Å². The van der Waals surface area contributed by atoms with Gasteiger partial charge >= 0.3 is 0 Å². The summed E-state index contributed by atoms with van der Waals surface area (Å²) >= 11 is 3.11. The van der Waals surface area contributed by atoms with Crippen LogP contribution < -0.4 is 10.9 Å². The van der Waals surface area contributed by atoms with Crippen molar-refractivity contribution in [3.8, 4) is 0 Å². The molecular formula is C11H15BrN4O2. The lowest BCUT2D eigenvalue weighted by atomic mass is 10.4. The molecule has 0 aromatic carbocycles. The van der Waals surface area contributed by atoms with Crippen LogP contribution in [0.25, 0.3) is 0 Å². The Morgan fingerprint density at radius 3 is 3.11 bits per heavy atom. The van der Waals surface area contributed by atoms with Gasteiger partial charge in [-0.3, -0.25) is 14.2 Å². The molecule has 98 valence electrons. The third kappa shape index (κ3) is 3.17. The molecule has 1 aliphatic heterocycles. The second-order valence-corrected chi connectivity index (χ2v) is 5.01. The van der Waals surface area contributed by atoms with Crippen molar-refractivity contribution in [3.05, 3.63) is 27.4 Å². The summed E-state index contributed by atoms with van der Waals surface area (Å²) in [6, 6.07) is 0. The predicted octanol–water partition coefficient (Wildman–Crippen LogP) is -0.172. The number of nitrogens with zero attached hydrogens (tertiary/aromatic N) is 3. The summed E-state index contributed by atoms with van der Waals surface area (Å²) in [4.78, 5) is 29.5. The van der Waals surface area contributed by atoms with E-state index < -0.39 is 0 Å². The fourth-order valence-electron chi connectivity index (χ4n) is 1.88. The van der Waals surface area contributed by atoms with Crippen LogP contribution in [0.1, 0.15) is 6.42 Å². The molecule has 0 radical (unpaired) electrons. The molecule has 0 bridgehead atoms. The molecule has 0 saturated carbocycles. The van der Waals surface area contributed by atoms with Gasteiger partial charge in [0.05, 0.1) is 6.33 Å². The number of halogens is 1. The summed E-state index contributed by atoms with van der Waals surface area (Å²) in [5, 5.41) is 3.23. The van der Waals surface area contributed by atoms with E-state index in [0.29, 0.717) is 11.0 Å². The lowest BCUT2D eigenvalue weighted by Gasteiger charge is -2.20. The Hall–Kier alpha value is -1.21. The van der Waals surface area contributed by atoms with Gasteiger partial charge in [-0.1, -0.05) is 0 Å². The van der Waals surface area contributed by atoms with Crippen molar-refractivity contribution in [3.63, 3.8) is 0 Å². The highest BCUT2D eigenvalue weighted by Gasteiger charge is 2.16. The van der Waals surface area contributed by atoms with E-state index in [4.69, 9.17) is 0 Å². The molecule has 0 spiro atoms. The Morgan fingerprint density at radius 2 is 2.28 bits per heavy atom. The van der Waals surface area contributed by atoms with Crippen LogP contribution in [0.15, 0.2) is 21.8 Å². The average Bonchev–Trinajstić information content (AvgIpc) is 2.63. The van der Waals surface area contributed by atoms with Gasteiger partial charge in [-0.15, -0.1) is 0 Å². The summed E-state index contributed by atoms with van der Waals surface area (Å²) in [7, 11) is 0. The van der Waals surface area contributed by atoms with Crippen molar-refractivity contribution >= 4 is 21.8 Å². The summed E-state index contributed by atoms with van der Waals surface area (Å²) in [5.41, 5.74) is -0.230. The fourth-order valence-corrected chi connectivity index (χ4v) is 2.22. The van der Waals surface area contributed by atoms with Gasteiger partial charge in [-0.25, -0.2) is 4.98 Å². The highest BCUT2D eigenvalue weighted by molar-refractivity contribution is 9.10. The van der Waals surface area contributed by atoms with Gasteiger partial charge in [0.1, 0.15) is 11.0 Å². The normalized spacial score (nSPS) is 16.4. The molecule has 1 aliphatic rings. The Bertz CT molecular complexity index is 480. The molecular weight excluding hydrogens is 300 g/mol. The number of hydrogen-bond acceptors (Lipinski definition) is 4. The molecule has 1 saturated heterocycles. The monoisotopic (exact) mass is 314 g/mol. The van der Waals surface area contributed by atoms with Crippen LogP contribution in [0.5, 0.6) is 0 Å². The van der Waals surface area contributed by atoms with Gasteiger partial charge in [0, 0.05) is 25.8 Å². The number of nitrogens with one attached hydrogen (secondary N) is 1. The van der Waals surface area contributed by atoms with Gasteiger partial charge in [0.15, 0.2) is 0 Å². The number of carbonyl (C=O) groups excluding carboxylic acids is 1. The topological polar surface area (TPSA) is 67.2 Å². The van der Waals surface area contributed by atoms with E-state index in [9.17, 15) is 9.59 Å². The van der Waals surface area contributed by atoms with Crippen molar-refractivity contribution in [2.24, 2.45) is 0 Å². The SMILES string of the molecule is O=C(Cn1cncc(Br)c1=O)N1CCCNCC1. The first-order valence-corrected chi connectivity index (χ1v) is 6.66. The molecule has 18 heavy (non-hydrogen) atoms. The smallest absolute Gasteiger partial charge is 0.268 e. The second-order valence-electron chi connectivity index (χ2n) is 4.16.